The third-order valence-electron chi connectivity index (χ3n) is 3.06. The van der Waals surface area contributed by atoms with Crippen LogP contribution in [0.15, 0.2) is 18.2 Å². The van der Waals surface area contributed by atoms with Gasteiger partial charge < -0.3 is 4.74 Å². The minimum absolute atomic E-state index is 0.133. The molecule has 1 aromatic carbocycles. The van der Waals surface area contributed by atoms with Crippen LogP contribution in [0.5, 0.6) is 5.75 Å². The Morgan fingerprint density at radius 1 is 1.44 bits per heavy atom. The molecule has 1 heterocycles. The van der Waals surface area contributed by atoms with Crippen LogP contribution in [0.2, 0.25) is 5.02 Å². The molecule has 2 amide bonds. The minimum Gasteiger partial charge on any atom is -0.497 e. The normalized spacial score (nSPS) is 19.5. The van der Waals surface area contributed by atoms with Gasteiger partial charge in [0.1, 0.15) is 5.75 Å². The maximum atomic E-state index is 11.8. The van der Waals surface area contributed by atoms with E-state index in [0.717, 1.165) is 5.56 Å². The van der Waals surface area contributed by atoms with Crippen molar-refractivity contribution in [1.82, 2.24) is 4.90 Å². The number of carbonyl (C=O) groups excluding carboxylic acids is 2. The van der Waals surface area contributed by atoms with Crippen LogP contribution in [-0.2, 0) is 16.1 Å². The zero-order valence-electron chi connectivity index (χ0n) is 10.3. The molecule has 0 aliphatic carbocycles. The van der Waals surface area contributed by atoms with Crippen LogP contribution >= 0.6 is 11.6 Å². The molecule has 2 rings (SSSR count). The van der Waals surface area contributed by atoms with Gasteiger partial charge in [-0.1, -0.05) is 24.6 Å². The Labute approximate surface area is 110 Å². The number of rotatable bonds is 3. The van der Waals surface area contributed by atoms with E-state index < -0.39 is 0 Å². The summed E-state index contributed by atoms with van der Waals surface area (Å²) in [4.78, 5) is 24.7. The van der Waals surface area contributed by atoms with Crippen LogP contribution in [0.3, 0.4) is 0 Å². The molecule has 1 atom stereocenters. The molecule has 18 heavy (non-hydrogen) atoms. The lowest BCUT2D eigenvalue weighted by Gasteiger charge is -2.15. The number of hydrogen-bond donors (Lipinski definition) is 0. The highest BCUT2D eigenvalue weighted by Gasteiger charge is 2.35. The molecule has 96 valence electrons. The van der Waals surface area contributed by atoms with Gasteiger partial charge in [-0.05, 0) is 17.7 Å². The van der Waals surface area contributed by atoms with Crippen LogP contribution in [0.25, 0.3) is 0 Å². The van der Waals surface area contributed by atoms with Gasteiger partial charge in [-0.3, -0.25) is 14.5 Å². The first-order valence-electron chi connectivity index (χ1n) is 5.69. The molecule has 5 heteroatoms. The Kier molecular flexibility index (Phi) is 3.57. The Hall–Kier alpha value is -1.55. The number of methoxy groups -OCH3 is 1. The number of likely N-dealkylation sites (tertiary alicyclic amines) is 1. The molecule has 0 N–H and O–H groups in total. The highest BCUT2D eigenvalue weighted by Crippen LogP contribution is 2.26. The third-order valence-corrected chi connectivity index (χ3v) is 3.41. The predicted molar refractivity (Wildman–Crippen MR) is 67.3 cm³/mol. The highest BCUT2D eigenvalue weighted by molar-refractivity contribution is 6.31. The molecule has 4 nitrogen and oxygen atoms in total. The van der Waals surface area contributed by atoms with E-state index in [2.05, 4.69) is 0 Å². The Balaban J connectivity index is 2.19. The van der Waals surface area contributed by atoms with Crippen LogP contribution in [-0.4, -0.2) is 23.8 Å². The summed E-state index contributed by atoms with van der Waals surface area (Å²) in [6.07, 6.45) is 0.284. The number of benzene rings is 1. The van der Waals surface area contributed by atoms with E-state index in [-0.39, 0.29) is 30.7 Å². The molecule has 1 fully saturated rings. The monoisotopic (exact) mass is 267 g/mol. The summed E-state index contributed by atoms with van der Waals surface area (Å²) in [5.74, 6) is 0.150. The first-order chi connectivity index (χ1) is 8.52. The molecular weight excluding hydrogens is 254 g/mol. The molecule has 1 aromatic rings. The molecule has 0 saturated carbocycles. The lowest BCUT2D eigenvalue weighted by Crippen LogP contribution is -2.29. The molecule has 0 spiro atoms. The second kappa shape index (κ2) is 4.98. The van der Waals surface area contributed by atoms with Gasteiger partial charge in [0, 0.05) is 17.4 Å². The van der Waals surface area contributed by atoms with Crippen molar-refractivity contribution in [3.8, 4) is 5.75 Å². The van der Waals surface area contributed by atoms with Crippen molar-refractivity contribution in [2.24, 2.45) is 5.92 Å². The Morgan fingerprint density at radius 2 is 2.17 bits per heavy atom. The smallest absolute Gasteiger partial charge is 0.232 e. The predicted octanol–water partition coefficient (Wildman–Crippen LogP) is 2.24. The van der Waals surface area contributed by atoms with Gasteiger partial charge in [-0.2, -0.15) is 0 Å². The van der Waals surface area contributed by atoms with E-state index >= 15 is 0 Å². The van der Waals surface area contributed by atoms with Crippen molar-refractivity contribution in [2.75, 3.05) is 7.11 Å². The fourth-order valence-corrected chi connectivity index (χ4v) is 2.20. The van der Waals surface area contributed by atoms with Crippen LogP contribution in [0, 0.1) is 5.92 Å². The van der Waals surface area contributed by atoms with E-state index in [9.17, 15) is 9.59 Å². The quantitative estimate of drug-likeness (QED) is 0.789. The first kappa shape index (κ1) is 12.9. The molecule has 1 unspecified atom stereocenters. The summed E-state index contributed by atoms with van der Waals surface area (Å²) < 4.78 is 5.05. The number of nitrogens with zero attached hydrogens (tertiary/aromatic N) is 1. The van der Waals surface area contributed by atoms with Gasteiger partial charge in [0.05, 0.1) is 13.7 Å². The summed E-state index contributed by atoms with van der Waals surface area (Å²) >= 11 is 6.09. The van der Waals surface area contributed by atoms with Crippen LogP contribution in [0.1, 0.15) is 18.9 Å². The van der Waals surface area contributed by atoms with Gasteiger partial charge in [-0.25, -0.2) is 0 Å². The van der Waals surface area contributed by atoms with Crippen LogP contribution < -0.4 is 4.74 Å². The Morgan fingerprint density at radius 3 is 2.67 bits per heavy atom. The van der Waals surface area contributed by atoms with Crippen molar-refractivity contribution in [3.63, 3.8) is 0 Å². The molecule has 0 bridgehead atoms. The number of hydrogen-bond acceptors (Lipinski definition) is 3. The summed E-state index contributed by atoms with van der Waals surface area (Å²) in [5.41, 5.74) is 0.744. The SMILES string of the molecule is COc1ccc(CN2C(=O)CC(C)C2=O)c(Cl)c1. The molecule has 1 aliphatic rings. The van der Waals surface area contributed by atoms with Crippen molar-refractivity contribution < 1.29 is 14.3 Å². The molecule has 0 aromatic heterocycles. The van der Waals surface area contributed by atoms with Crippen LogP contribution in [0.4, 0.5) is 0 Å². The molecule has 1 saturated heterocycles. The van der Waals surface area contributed by atoms with Crippen molar-refractivity contribution >= 4 is 23.4 Å². The summed E-state index contributed by atoms with van der Waals surface area (Å²) in [6, 6.07) is 5.20. The minimum atomic E-state index is -0.227. The fourth-order valence-electron chi connectivity index (χ4n) is 1.97. The second-order valence-corrected chi connectivity index (χ2v) is 4.79. The van der Waals surface area contributed by atoms with Gasteiger partial charge in [0.2, 0.25) is 11.8 Å². The highest BCUT2D eigenvalue weighted by atomic mass is 35.5. The fraction of sp³-hybridized carbons (Fsp3) is 0.385. The Bertz CT molecular complexity index is 501. The second-order valence-electron chi connectivity index (χ2n) is 4.38. The zero-order valence-corrected chi connectivity index (χ0v) is 11.0. The molecule has 1 aliphatic heterocycles. The summed E-state index contributed by atoms with van der Waals surface area (Å²) in [7, 11) is 1.56. The largest absolute Gasteiger partial charge is 0.497 e. The van der Waals surface area contributed by atoms with E-state index in [4.69, 9.17) is 16.3 Å². The van der Waals surface area contributed by atoms with Crippen molar-refractivity contribution in [1.29, 1.82) is 0 Å². The topological polar surface area (TPSA) is 46.6 Å². The average molecular weight is 268 g/mol. The maximum absolute atomic E-state index is 11.8. The lowest BCUT2D eigenvalue weighted by atomic mass is 10.1. The van der Waals surface area contributed by atoms with E-state index in [1.54, 1.807) is 32.2 Å². The number of carbonyl (C=O) groups is 2. The summed E-state index contributed by atoms with van der Waals surface area (Å²) in [6.45, 7) is 1.99. The number of amides is 2. The van der Waals surface area contributed by atoms with Gasteiger partial charge in [0.15, 0.2) is 0 Å². The average Bonchev–Trinajstić information content (AvgIpc) is 2.58. The zero-order chi connectivity index (χ0) is 13.3. The molecular formula is C13H14ClNO3. The number of ether oxygens (including phenoxy) is 1. The van der Waals surface area contributed by atoms with Crippen molar-refractivity contribution in [3.05, 3.63) is 28.8 Å². The first-order valence-corrected chi connectivity index (χ1v) is 6.07. The summed E-state index contributed by atoms with van der Waals surface area (Å²) in [5, 5.41) is 0.495. The molecule has 0 radical (unpaired) electrons. The standard InChI is InChI=1S/C13H14ClNO3/c1-8-5-12(16)15(13(8)17)7-9-3-4-10(18-2)6-11(9)14/h3-4,6,8H,5,7H2,1-2H3. The number of halogens is 1. The van der Waals surface area contributed by atoms with Crippen molar-refractivity contribution in [2.45, 2.75) is 19.9 Å². The number of imide groups is 1. The van der Waals surface area contributed by atoms with Gasteiger partial charge >= 0.3 is 0 Å². The van der Waals surface area contributed by atoms with Gasteiger partial charge in [-0.15, -0.1) is 0 Å². The third kappa shape index (κ3) is 2.34. The van der Waals surface area contributed by atoms with E-state index in [1.807, 2.05) is 0 Å². The lowest BCUT2D eigenvalue weighted by molar-refractivity contribution is -0.139. The van der Waals surface area contributed by atoms with E-state index in [1.165, 1.54) is 4.90 Å². The van der Waals surface area contributed by atoms with E-state index in [0.29, 0.717) is 10.8 Å². The van der Waals surface area contributed by atoms with Gasteiger partial charge in [0.25, 0.3) is 0 Å². The maximum Gasteiger partial charge on any atom is 0.232 e.